The van der Waals surface area contributed by atoms with Crippen molar-refractivity contribution in [3.63, 3.8) is 0 Å². The maximum atomic E-state index is 11.5. The van der Waals surface area contributed by atoms with Crippen molar-refractivity contribution in [3.05, 3.63) is 48.2 Å². The van der Waals surface area contributed by atoms with Crippen molar-refractivity contribution >= 4 is 5.91 Å². The molecule has 1 heterocycles. The zero-order chi connectivity index (χ0) is 14.4. The largest absolute Gasteiger partial charge is 0.494 e. The van der Waals surface area contributed by atoms with Gasteiger partial charge in [-0.15, -0.1) is 0 Å². The summed E-state index contributed by atoms with van der Waals surface area (Å²) in [4.78, 5) is 15.7. The standard InChI is InChI=1S/C15H17N3O2/c1-2-9-20-13-5-3-11(4-6-13)14-10-12(7-8-17-14)15(19)18-16/h3-8,10H,2,9,16H2,1H3,(H,18,19). The minimum Gasteiger partial charge on any atom is -0.494 e. The molecule has 0 atom stereocenters. The number of hydrogen-bond acceptors (Lipinski definition) is 4. The first-order valence-corrected chi connectivity index (χ1v) is 6.45. The van der Waals surface area contributed by atoms with Crippen molar-refractivity contribution in [3.8, 4) is 17.0 Å². The van der Waals surface area contributed by atoms with E-state index < -0.39 is 0 Å². The Kier molecular flexibility index (Phi) is 4.68. The van der Waals surface area contributed by atoms with Gasteiger partial charge in [0.1, 0.15) is 5.75 Å². The van der Waals surface area contributed by atoms with Gasteiger partial charge in [-0.1, -0.05) is 6.92 Å². The van der Waals surface area contributed by atoms with Crippen LogP contribution in [-0.2, 0) is 0 Å². The van der Waals surface area contributed by atoms with Crippen LogP contribution in [0.5, 0.6) is 5.75 Å². The third kappa shape index (κ3) is 3.33. The summed E-state index contributed by atoms with van der Waals surface area (Å²) in [6, 6.07) is 10.9. The number of nitrogens with one attached hydrogen (secondary N) is 1. The van der Waals surface area contributed by atoms with E-state index in [-0.39, 0.29) is 5.91 Å². The molecule has 0 radical (unpaired) electrons. The van der Waals surface area contributed by atoms with Gasteiger partial charge >= 0.3 is 0 Å². The number of benzene rings is 1. The number of amides is 1. The molecule has 1 aromatic heterocycles. The molecule has 2 rings (SSSR count). The van der Waals surface area contributed by atoms with Crippen molar-refractivity contribution in [2.24, 2.45) is 5.84 Å². The van der Waals surface area contributed by atoms with E-state index in [0.29, 0.717) is 17.9 Å². The first kappa shape index (κ1) is 14.0. The fourth-order valence-corrected chi connectivity index (χ4v) is 1.75. The lowest BCUT2D eigenvalue weighted by Gasteiger charge is -2.06. The second-order valence-electron chi connectivity index (χ2n) is 4.28. The van der Waals surface area contributed by atoms with Crippen molar-refractivity contribution in [2.75, 3.05) is 6.61 Å². The number of hydrazine groups is 1. The Balaban J connectivity index is 2.21. The Bertz CT molecular complexity index is 582. The third-order valence-electron chi connectivity index (χ3n) is 2.78. The number of aromatic nitrogens is 1. The molecule has 20 heavy (non-hydrogen) atoms. The van der Waals surface area contributed by atoms with Gasteiger partial charge in [-0.05, 0) is 42.8 Å². The monoisotopic (exact) mass is 271 g/mol. The molecule has 1 aromatic carbocycles. The number of nitrogens with zero attached hydrogens (tertiary/aromatic N) is 1. The first-order chi connectivity index (χ1) is 9.74. The number of carbonyl (C=O) groups is 1. The predicted molar refractivity (Wildman–Crippen MR) is 77.1 cm³/mol. The summed E-state index contributed by atoms with van der Waals surface area (Å²) >= 11 is 0. The molecule has 0 unspecified atom stereocenters. The normalized spacial score (nSPS) is 10.1. The number of nitrogens with two attached hydrogens (primary N) is 1. The van der Waals surface area contributed by atoms with E-state index in [4.69, 9.17) is 10.6 Å². The second-order valence-corrected chi connectivity index (χ2v) is 4.28. The van der Waals surface area contributed by atoms with Crippen LogP contribution >= 0.6 is 0 Å². The molecule has 5 nitrogen and oxygen atoms in total. The predicted octanol–water partition coefficient (Wildman–Crippen LogP) is 2.14. The smallest absolute Gasteiger partial charge is 0.265 e. The van der Waals surface area contributed by atoms with Gasteiger partial charge < -0.3 is 4.74 Å². The average Bonchev–Trinajstić information content (AvgIpc) is 2.52. The fourth-order valence-electron chi connectivity index (χ4n) is 1.75. The number of hydrogen-bond donors (Lipinski definition) is 2. The van der Waals surface area contributed by atoms with E-state index in [1.54, 1.807) is 18.3 Å². The average molecular weight is 271 g/mol. The van der Waals surface area contributed by atoms with Crippen molar-refractivity contribution in [2.45, 2.75) is 13.3 Å². The van der Waals surface area contributed by atoms with Gasteiger partial charge in [0.15, 0.2) is 0 Å². The third-order valence-corrected chi connectivity index (χ3v) is 2.78. The van der Waals surface area contributed by atoms with E-state index in [1.165, 1.54) is 0 Å². The van der Waals surface area contributed by atoms with Gasteiger partial charge in [-0.25, -0.2) is 5.84 Å². The Morgan fingerprint density at radius 1 is 1.30 bits per heavy atom. The number of nitrogen functional groups attached to an aromatic ring is 1. The summed E-state index contributed by atoms with van der Waals surface area (Å²) < 4.78 is 5.52. The lowest BCUT2D eigenvalue weighted by atomic mass is 10.1. The van der Waals surface area contributed by atoms with Gasteiger partial charge in [0, 0.05) is 17.3 Å². The maximum Gasteiger partial charge on any atom is 0.265 e. The fraction of sp³-hybridized carbons (Fsp3) is 0.200. The van der Waals surface area contributed by atoms with Crippen LogP contribution in [-0.4, -0.2) is 17.5 Å². The van der Waals surface area contributed by atoms with E-state index in [2.05, 4.69) is 17.3 Å². The van der Waals surface area contributed by atoms with Crippen molar-refractivity contribution in [1.29, 1.82) is 0 Å². The quantitative estimate of drug-likeness (QED) is 0.496. The van der Waals surface area contributed by atoms with Gasteiger partial charge in [0.05, 0.1) is 12.3 Å². The molecule has 0 aliphatic rings. The van der Waals surface area contributed by atoms with Crippen LogP contribution in [0.15, 0.2) is 42.6 Å². The van der Waals surface area contributed by atoms with Crippen LogP contribution in [0, 0.1) is 0 Å². The van der Waals surface area contributed by atoms with Crippen LogP contribution in [0.25, 0.3) is 11.3 Å². The molecule has 0 saturated heterocycles. The summed E-state index contributed by atoms with van der Waals surface area (Å²) in [6.45, 7) is 2.76. The summed E-state index contributed by atoms with van der Waals surface area (Å²) in [7, 11) is 0. The van der Waals surface area contributed by atoms with Crippen LogP contribution < -0.4 is 16.0 Å². The number of carbonyl (C=O) groups excluding carboxylic acids is 1. The van der Waals surface area contributed by atoms with Crippen LogP contribution in [0.3, 0.4) is 0 Å². The molecule has 2 aromatic rings. The highest BCUT2D eigenvalue weighted by atomic mass is 16.5. The summed E-state index contributed by atoms with van der Waals surface area (Å²) in [5.41, 5.74) is 4.21. The molecule has 0 fully saturated rings. The van der Waals surface area contributed by atoms with Crippen LogP contribution in [0.4, 0.5) is 0 Å². The van der Waals surface area contributed by atoms with Gasteiger partial charge in [-0.2, -0.15) is 0 Å². The first-order valence-electron chi connectivity index (χ1n) is 6.45. The SMILES string of the molecule is CCCOc1ccc(-c2cc(C(=O)NN)ccn2)cc1. The second kappa shape index (κ2) is 6.68. The topological polar surface area (TPSA) is 77.2 Å². The van der Waals surface area contributed by atoms with E-state index in [1.807, 2.05) is 24.3 Å². The summed E-state index contributed by atoms with van der Waals surface area (Å²) in [5.74, 6) is 5.61. The van der Waals surface area contributed by atoms with E-state index in [9.17, 15) is 4.79 Å². The van der Waals surface area contributed by atoms with Crippen molar-refractivity contribution < 1.29 is 9.53 Å². The zero-order valence-electron chi connectivity index (χ0n) is 11.3. The Hall–Kier alpha value is -2.40. The molecule has 0 bridgehead atoms. The minimum absolute atomic E-state index is 0.337. The molecule has 0 spiro atoms. The molecule has 0 saturated carbocycles. The van der Waals surface area contributed by atoms with E-state index in [0.717, 1.165) is 17.7 Å². The highest BCUT2D eigenvalue weighted by molar-refractivity contribution is 5.94. The lowest BCUT2D eigenvalue weighted by Crippen LogP contribution is -2.29. The molecule has 5 heteroatoms. The van der Waals surface area contributed by atoms with E-state index >= 15 is 0 Å². The Labute approximate surface area is 117 Å². The lowest BCUT2D eigenvalue weighted by molar-refractivity contribution is 0.0953. The van der Waals surface area contributed by atoms with Gasteiger partial charge in [0.2, 0.25) is 0 Å². The minimum atomic E-state index is -0.337. The van der Waals surface area contributed by atoms with Gasteiger partial charge in [-0.3, -0.25) is 15.2 Å². The van der Waals surface area contributed by atoms with Gasteiger partial charge in [0.25, 0.3) is 5.91 Å². The highest BCUT2D eigenvalue weighted by Gasteiger charge is 2.06. The molecule has 3 N–H and O–H groups in total. The molecule has 0 aliphatic carbocycles. The molecule has 0 aliphatic heterocycles. The molecule has 1 amide bonds. The Morgan fingerprint density at radius 3 is 2.70 bits per heavy atom. The summed E-state index contributed by atoms with van der Waals surface area (Å²) in [6.07, 6.45) is 2.56. The van der Waals surface area contributed by atoms with Crippen LogP contribution in [0.2, 0.25) is 0 Å². The van der Waals surface area contributed by atoms with Crippen molar-refractivity contribution in [1.82, 2.24) is 10.4 Å². The molecular formula is C15H17N3O2. The zero-order valence-corrected chi connectivity index (χ0v) is 11.3. The number of pyridine rings is 1. The molecule has 104 valence electrons. The maximum absolute atomic E-state index is 11.5. The highest BCUT2D eigenvalue weighted by Crippen LogP contribution is 2.21. The van der Waals surface area contributed by atoms with Crippen LogP contribution in [0.1, 0.15) is 23.7 Å². The number of ether oxygens (including phenoxy) is 1. The molecular weight excluding hydrogens is 254 g/mol. The summed E-state index contributed by atoms with van der Waals surface area (Å²) in [5, 5.41) is 0. The number of rotatable bonds is 5. The Morgan fingerprint density at radius 2 is 2.05 bits per heavy atom.